The average molecular weight is 467 g/mol. The van der Waals surface area contributed by atoms with E-state index in [2.05, 4.69) is 65.7 Å². The molecule has 3 aromatic carbocycles. The third-order valence-electron chi connectivity index (χ3n) is 6.92. The number of aryl methyl sites for hydroxylation is 1. The van der Waals surface area contributed by atoms with Crippen LogP contribution in [0.3, 0.4) is 0 Å². The summed E-state index contributed by atoms with van der Waals surface area (Å²) in [5.41, 5.74) is 7.29. The Morgan fingerprint density at radius 1 is 0.943 bits per heavy atom. The van der Waals surface area contributed by atoms with Crippen LogP contribution < -0.4 is 10.1 Å². The maximum Gasteiger partial charge on any atom is 0.251 e. The Morgan fingerprint density at radius 3 is 2.40 bits per heavy atom. The first-order valence-electron chi connectivity index (χ1n) is 12.7. The van der Waals surface area contributed by atoms with Gasteiger partial charge in [0.05, 0.1) is 0 Å². The van der Waals surface area contributed by atoms with Crippen LogP contribution in [0.4, 0.5) is 5.69 Å². The molecule has 0 aromatic heterocycles. The zero-order valence-electron chi connectivity index (χ0n) is 20.7. The van der Waals surface area contributed by atoms with Crippen LogP contribution in [0, 0.1) is 6.92 Å². The van der Waals surface area contributed by atoms with Gasteiger partial charge in [-0.05, 0) is 86.8 Å². The number of nitrogens with one attached hydrogen (secondary N) is 1. The lowest BCUT2D eigenvalue weighted by molar-refractivity contribution is -0.113. The molecule has 1 amide bonds. The molecule has 0 bridgehead atoms. The largest absolute Gasteiger partial charge is 0.490 e. The molecule has 4 heteroatoms. The van der Waals surface area contributed by atoms with Crippen molar-refractivity contribution in [1.82, 2.24) is 4.90 Å². The Morgan fingerprint density at radius 2 is 1.66 bits per heavy atom. The number of nitrogens with zero attached hydrogens (tertiary/aromatic N) is 1. The fraction of sp³-hybridized carbons (Fsp3) is 0.323. The number of benzene rings is 3. The lowest BCUT2D eigenvalue weighted by Crippen LogP contribution is -2.29. The highest BCUT2D eigenvalue weighted by Gasteiger charge is 2.21. The zero-order chi connectivity index (χ0) is 24.2. The summed E-state index contributed by atoms with van der Waals surface area (Å²) in [4.78, 5) is 15.7. The third-order valence-corrected chi connectivity index (χ3v) is 6.92. The topological polar surface area (TPSA) is 41.6 Å². The number of carbonyl (C=O) groups excluding carboxylic acids is 1. The van der Waals surface area contributed by atoms with Crippen molar-refractivity contribution in [3.8, 4) is 16.9 Å². The van der Waals surface area contributed by atoms with Crippen LogP contribution in [0.15, 0.2) is 72.3 Å². The number of hydrogen-bond acceptors (Lipinski definition) is 3. The molecule has 0 saturated carbocycles. The molecule has 0 aliphatic carbocycles. The molecule has 1 N–H and O–H groups in total. The summed E-state index contributed by atoms with van der Waals surface area (Å²) in [6.45, 7) is 7.44. The van der Waals surface area contributed by atoms with E-state index in [-0.39, 0.29) is 12.0 Å². The summed E-state index contributed by atoms with van der Waals surface area (Å²) in [7, 11) is 0. The molecule has 3 aromatic rings. The van der Waals surface area contributed by atoms with Crippen LogP contribution in [-0.2, 0) is 11.3 Å². The number of amides is 1. The monoisotopic (exact) mass is 466 g/mol. The number of carbonyl (C=O) groups is 1. The van der Waals surface area contributed by atoms with Gasteiger partial charge >= 0.3 is 0 Å². The van der Waals surface area contributed by atoms with E-state index in [0.717, 1.165) is 40.2 Å². The van der Waals surface area contributed by atoms with E-state index < -0.39 is 0 Å². The third kappa shape index (κ3) is 5.83. The first-order valence-corrected chi connectivity index (χ1v) is 12.7. The van der Waals surface area contributed by atoms with E-state index >= 15 is 0 Å². The minimum atomic E-state index is -0.0783. The summed E-state index contributed by atoms with van der Waals surface area (Å²) in [6, 6.07) is 23.0. The number of rotatable bonds is 5. The van der Waals surface area contributed by atoms with Crippen LogP contribution in [0.1, 0.15) is 49.3 Å². The van der Waals surface area contributed by atoms with Gasteiger partial charge in [0.25, 0.3) is 5.91 Å². The highest BCUT2D eigenvalue weighted by atomic mass is 16.5. The Labute approximate surface area is 208 Å². The van der Waals surface area contributed by atoms with Gasteiger partial charge in [0, 0.05) is 29.8 Å². The Hall–Kier alpha value is -3.37. The SMILES string of the molecule is Cc1ccc(-c2ccc3c(c2)C=C(C(=O)Nc2ccc(CN4CCCCC4)cc2)CC(C)O3)cc1. The summed E-state index contributed by atoms with van der Waals surface area (Å²) in [5.74, 6) is 0.746. The van der Waals surface area contributed by atoms with Crippen molar-refractivity contribution in [3.63, 3.8) is 0 Å². The number of likely N-dealkylation sites (tertiary alicyclic amines) is 1. The second-order valence-corrected chi connectivity index (χ2v) is 9.91. The maximum atomic E-state index is 13.2. The van der Waals surface area contributed by atoms with Gasteiger partial charge in [0.15, 0.2) is 0 Å². The predicted molar refractivity (Wildman–Crippen MR) is 143 cm³/mol. The first-order chi connectivity index (χ1) is 17.0. The fourth-order valence-electron chi connectivity index (χ4n) is 4.95. The molecule has 1 fully saturated rings. The predicted octanol–water partition coefficient (Wildman–Crippen LogP) is 6.84. The number of anilines is 1. The first kappa shape index (κ1) is 23.4. The van der Waals surface area contributed by atoms with Crippen molar-refractivity contribution >= 4 is 17.7 Å². The molecule has 2 aliphatic heterocycles. The summed E-state index contributed by atoms with van der Waals surface area (Å²) < 4.78 is 6.15. The molecular weight excluding hydrogens is 432 g/mol. The van der Waals surface area contributed by atoms with Crippen molar-refractivity contribution in [1.29, 1.82) is 0 Å². The summed E-state index contributed by atoms with van der Waals surface area (Å²) in [5, 5.41) is 3.10. The molecule has 0 radical (unpaired) electrons. The maximum absolute atomic E-state index is 13.2. The van der Waals surface area contributed by atoms with E-state index in [9.17, 15) is 4.79 Å². The standard InChI is InChI=1S/C31H34N2O2/c1-22-6-10-25(11-7-22)26-12-15-30-27(19-26)20-28(18-23(2)35-30)31(34)32-29-13-8-24(9-14-29)21-33-16-4-3-5-17-33/h6-15,19-20,23H,3-5,16-18,21H2,1-2H3,(H,32,34). The van der Waals surface area contributed by atoms with Gasteiger partial charge < -0.3 is 10.1 Å². The summed E-state index contributed by atoms with van der Waals surface area (Å²) in [6.07, 6.45) is 6.40. The Balaban J connectivity index is 1.32. The van der Waals surface area contributed by atoms with Crippen molar-refractivity contribution in [2.24, 2.45) is 0 Å². The van der Waals surface area contributed by atoms with Crippen LogP contribution in [0.5, 0.6) is 5.75 Å². The Kier molecular flexibility index (Phi) is 7.01. The van der Waals surface area contributed by atoms with Gasteiger partial charge in [-0.15, -0.1) is 0 Å². The molecule has 4 nitrogen and oxygen atoms in total. The molecule has 1 saturated heterocycles. The molecule has 1 atom stereocenters. The van der Waals surface area contributed by atoms with Gasteiger partial charge in [-0.25, -0.2) is 0 Å². The second-order valence-electron chi connectivity index (χ2n) is 9.91. The molecule has 1 unspecified atom stereocenters. The van der Waals surface area contributed by atoms with Gasteiger partial charge in [-0.3, -0.25) is 9.69 Å². The molecule has 2 heterocycles. The highest BCUT2D eigenvalue weighted by Crippen LogP contribution is 2.33. The number of ether oxygens (including phenoxy) is 1. The minimum Gasteiger partial charge on any atom is -0.490 e. The number of piperidine rings is 1. The van der Waals surface area contributed by atoms with Gasteiger partial charge in [0.2, 0.25) is 0 Å². The van der Waals surface area contributed by atoms with Crippen LogP contribution in [0.2, 0.25) is 0 Å². The summed E-state index contributed by atoms with van der Waals surface area (Å²) >= 11 is 0. The second kappa shape index (κ2) is 10.5. The van der Waals surface area contributed by atoms with E-state index in [4.69, 9.17) is 4.74 Å². The Bertz CT molecular complexity index is 1210. The van der Waals surface area contributed by atoms with Crippen LogP contribution in [0.25, 0.3) is 17.2 Å². The smallest absolute Gasteiger partial charge is 0.251 e. The number of hydrogen-bond donors (Lipinski definition) is 1. The van der Waals surface area contributed by atoms with Crippen molar-refractivity contribution in [2.75, 3.05) is 18.4 Å². The van der Waals surface area contributed by atoms with E-state index in [0.29, 0.717) is 6.42 Å². The molecule has 180 valence electrons. The average Bonchev–Trinajstić information content (AvgIpc) is 3.04. The van der Waals surface area contributed by atoms with Gasteiger partial charge in [-0.2, -0.15) is 0 Å². The highest BCUT2D eigenvalue weighted by molar-refractivity contribution is 6.07. The lowest BCUT2D eigenvalue weighted by Gasteiger charge is -2.26. The molecular formula is C31H34N2O2. The van der Waals surface area contributed by atoms with E-state index in [1.165, 1.54) is 43.5 Å². The minimum absolute atomic E-state index is 0.0715. The molecule has 5 rings (SSSR count). The van der Waals surface area contributed by atoms with Crippen LogP contribution >= 0.6 is 0 Å². The van der Waals surface area contributed by atoms with Gasteiger partial charge in [0.1, 0.15) is 11.9 Å². The van der Waals surface area contributed by atoms with Gasteiger partial charge in [-0.1, -0.05) is 54.4 Å². The molecule has 2 aliphatic rings. The van der Waals surface area contributed by atoms with Crippen molar-refractivity contribution < 1.29 is 9.53 Å². The van der Waals surface area contributed by atoms with E-state index in [1.807, 2.05) is 31.2 Å². The normalized spacial score (nSPS) is 18.1. The fourth-order valence-corrected chi connectivity index (χ4v) is 4.95. The molecule has 35 heavy (non-hydrogen) atoms. The lowest BCUT2D eigenvalue weighted by atomic mass is 9.99. The van der Waals surface area contributed by atoms with E-state index in [1.54, 1.807) is 0 Å². The van der Waals surface area contributed by atoms with Crippen LogP contribution in [-0.4, -0.2) is 30.0 Å². The van der Waals surface area contributed by atoms with Crippen molar-refractivity contribution in [3.05, 3.63) is 89.0 Å². The number of fused-ring (bicyclic) bond motifs is 1. The zero-order valence-corrected chi connectivity index (χ0v) is 20.7. The van der Waals surface area contributed by atoms with Crippen molar-refractivity contribution in [2.45, 2.75) is 52.2 Å². The molecule has 0 spiro atoms. The quantitative estimate of drug-likeness (QED) is 0.447.